The quantitative estimate of drug-likeness (QED) is 0.909. The number of carbonyl (C=O) groups is 1. The molecule has 0 aliphatic heterocycles. The zero-order valence-corrected chi connectivity index (χ0v) is 11.3. The second-order valence-corrected chi connectivity index (χ2v) is 4.74. The summed E-state index contributed by atoms with van der Waals surface area (Å²) < 4.78 is 5.60. The molecule has 2 aromatic carbocycles. The summed E-state index contributed by atoms with van der Waals surface area (Å²) in [7, 11) is 0. The van der Waals surface area contributed by atoms with Crippen molar-refractivity contribution in [3.05, 3.63) is 58.1 Å². The topological polar surface area (TPSA) is 46.5 Å². The van der Waals surface area contributed by atoms with Crippen molar-refractivity contribution < 1.29 is 14.6 Å². The first-order valence-electron chi connectivity index (χ1n) is 5.48. The standard InChI is InChI=1S/C14H10Cl2O3/c15-10-2-1-3-11(8-10)19-13-6-9(7-14(17)18)4-5-12(13)16/h1-6,8H,7H2,(H,17,18). The van der Waals surface area contributed by atoms with E-state index < -0.39 is 5.97 Å². The molecule has 0 saturated heterocycles. The Morgan fingerprint density at radius 2 is 1.95 bits per heavy atom. The fourth-order valence-corrected chi connectivity index (χ4v) is 1.90. The average molecular weight is 297 g/mol. The highest BCUT2D eigenvalue weighted by atomic mass is 35.5. The van der Waals surface area contributed by atoms with Gasteiger partial charge in [-0.25, -0.2) is 0 Å². The van der Waals surface area contributed by atoms with Gasteiger partial charge in [0.1, 0.15) is 11.5 Å². The zero-order valence-electron chi connectivity index (χ0n) is 9.77. The molecule has 2 rings (SSSR count). The van der Waals surface area contributed by atoms with Crippen LogP contribution in [0.15, 0.2) is 42.5 Å². The molecule has 0 aliphatic carbocycles. The van der Waals surface area contributed by atoms with E-state index in [9.17, 15) is 4.79 Å². The van der Waals surface area contributed by atoms with Crippen LogP contribution >= 0.6 is 23.2 Å². The predicted octanol–water partition coefficient (Wildman–Crippen LogP) is 4.41. The lowest BCUT2D eigenvalue weighted by molar-refractivity contribution is -0.136. The molecule has 19 heavy (non-hydrogen) atoms. The number of hydrogen-bond acceptors (Lipinski definition) is 2. The lowest BCUT2D eigenvalue weighted by Crippen LogP contribution is -2.00. The Kier molecular flexibility index (Phi) is 4.30. The van der Waals surface area contributed by atoms with E-state index in [1.165, 1.54) is 0 Å². The highest BCUT2D eigenvalue weighted by molar-refractivity contribution is 6.32. The zero-order chi connectivity index (χ0) is 13.8. The lowest BCUT2D eigenvalue weighted by Gasteiger charge is -2.09. The van der Waals surface area contributed by atoms with E-state index in [2.05, 4.69) is 0 Å². The van der Waals surface area contributed by atoms with Gasteiger partial charge in [-0.3, -0.25) is 4.79 Å². The Labute approximate surface area is 120 Å². The van der Waals surface area contributed by atoms with E-state index in [-0.39, 0.29) is 6.42 Å². The van der Waals surface area contributed by atoms with Crippen molar-refractivity contribution in [2.45, 2.75) is 6.42 Å². The van der Waals surface area contributed by atoms with Gasteiger partial charge in [0.2, 0.25) is 0 Å². The normalized spacial score (nSPS) is 10.2. The lowest BCUT2D eigenvalue weighted by atomic mass is 10.1. The van der Waals surface area contributed by atoms with Crippen molar-refractivity contribution in [3.63, 3.8) is 0 Å². The van der Waals surface area contributed by atoms with Gasteiger partial charge in [-0.1, -0.05) is 35.3 Å². The van der Waals surface area contributed by atoms with Crippen molar-refractivity contribution in [1.82, 2.24) is 0 Å². The maximum absolute atomic E-state index is 10.7. The first-order valence-corrected chi connectivity index (χ1v) is 6.24. The van der Waals surface area contributed by atoms with Gasteiger partial charge >= 0.3 is 5.97 Å². The third-order valence-corrected chi connectivity index (χ3v) is 2.92. The van der Waals surface area contributed by atoms with Gasteiger partial charge in [0.15, 0.2) is 0 Å². The molecular formula is C14H10Cl2O3. The molecule has 0 saturated carbocycles. The number of carboxylic acids is 1. The van der Waals surface area contributed by atoms with E-state index >= 15 is 0 Å². The minimum absolute atomic E-state index is 0.0803. The second-order valence-electron chi connectivity index (χ2n) is 3.89. The number of hydrogen-bond donors (Lipinski definition) is 1. The Morgan fingerprint density at radius 3 is 2.63 bits per heavy atom. The number of aliphatic carboxylic acids is 1. The molecule has 0 fully saturated rings. The van der Waals surface area contributed by atoms with Gasteiger partial charge in [0.05, 0.1) is 11.4 Å². The Morgan fingerprint density at radius 1 is 1.16 bits per heavy atom. The fourth-order valence-electron chi connectivity index (χ4n) is 1.57. The predicted molar refractivity (Wildman–Crippen MR) is 74.3 cm³/mol. The van der Waals surface area contributed by atoms with Gasteiger partial charge in [0, 0.05) is 5.02 Å². The van der Waals surface area contributed by atoms with Crippen LogP contribution in [0, 0.1) is 0 Å². The molecule has 0 bridgehead atoms. The van der Waals surface area contributed by atoms with Crippen LogP contribution in [0.2, 0.25) is 10.0 Å². The molecule has 2 aromatic rings. The van der Waals surface area contributed by atoms with Crippen LogP contribution in [0.25, 0.3) is 0 Å². The van der Waals surface area contributed by atoms with Gasteiger partial charge in [-0.2, -0.15) is 0 Å². The summed E-state index contributed by atoms with van der Waals surface area (Å²) in [5.74, 6) is 0.0422. The number of rotatable bonds is 4. The highest BCUT2D eigenvalue weighted by Crippen LogP contribution is 2.31. The highest BCUT2D eigenvalue weighted by Gasteiger charge is 2.07. The summed E-state index contributed by atoms with van der Waals surface area (Å²) in [6.45, 7) is 0. The molecule has 3 nitrogen and oxygen atoms in total. The van der Waals surface area contributed by atoms with Crippen LogP contribution in [0.4, 0.5) is 0 Å². The summed E-state index contributed by atoms with van der Waals surface area (Å²) in [5.41, 5.74) is 0.619. The SMILES string of the molecule is O=C(O)Cc1ccc(Cl)c(Oc2cccc(Cl)c2)c1. The molecule has 0 amide bonds. The largest absolute Gasteiger partial charge is 0.481 e. The van der Waals surface area contributed by atoms with Crippen LogP contribution in [0.1, 0.15) is 5.56 Å². The summed E-state index contributed by atoms with van der Waals surface area (Å²) in [5, 5.41) is 9.72. The van der Waals surface area contributed by atoms with Crippen molar-refractivity contribution in [2.24, 2.45) is 0 Å². The molecule has 0 aromatic heterocycles. The van der Waals surface area contributed by atoms with Gasteiger partial charge in [-0.15, -0.1) is 0 Å². The van der Waals surface area contributed by atoms with Crippen molar-refractivity contribution in [2.75, 3.05) is 0 Å². The molecule has 0 atom stereocenters. The summed E-state index contributed by atoms with van der Waals surface area (Å²) >= 11 is 11.9. The van der Waals surface area contributed by atoms with Gasteiger partial charge < -0.3 is 9.84 Å². The number of ether oxygens (including phenoxy) is 1. The maximum atomic E-state index is 10.7. The third-order valence-electron chi connectivity index (χ3n) is 2.37. The van der Waals surface area contributed by atoms with Crippen molar-refractivity contribution in [3.8, 4) is 11.5 Å². The summed E-state index contributed by atoms with van der Waals surface area (Å²) in [6.07, 6.45) is -0.0803. The molecule has 0 unspecified atom stereocenters. The molecule has 1 N–H and O–H groups in total. The first-order chi connectivity index (χ1) is 9.04. The molecule has 5 heteroatoms. The van der Waals surface area contributed by atoms with Crippen LogP contribution in [-0.2, 0) is 11.2 Å². The van der Waals surface area contributed by atoms with Crippen molar-refractivity contribution >= 4 is 29.2 Å². The minimum atomic E-state index is -0.906. The number of halogens is 2. The Balaban J connectivity index is 2.26. The first kappa shape index (κ1) is 13.7. The van der Waals surface area contributed by atoms with E-state index in [1.807, 2.05) is 0 Å². The summed E-state index contributed by atoms with van der Waals surface area (Å²) in [6, 6.07) is 11.8. The molecule has 0 aliphatic rings. The maximum Gasteiger partial charge on any atom is 0.307 e. The van der Waals surface area contributed by atoms with Crippen LogP contribution in [-0.4, -0.2) is 11.1 Å². The number of benzene rings is 2. The monoisotopic (exact) mass is 296 g/mol. The Hall–Kier alpha value is -1.71. The number of carboxylic acid groups (broad SMARTS) is 1. The second kappa shape index (κ2) is 5.95. The van der Waals surface area contributed by atoms with Gasteiger partial charge in [0.25, 0.3) is 0 Å². The summed E-state index contributed by atoms with van der Waals surface area (Å²) in [4.78, 5) is 10.7. The minimum Gasteiger partial charge on any atom is -0.481 e. The molecule has 0 radical (unpaired) electrons. The van der Waals surface area contributed by atoms with E-state index in [1.54, 1.807) is 42.5 Å². The molecule has 98 valence electrons. The molecule has 0 spiro atoms. The average Bonchev–Trinajstić information content (AvgIpc) is 2.33. The van der Waals surface area contributed by atoms with Crippen LogP contribution in [0.3, 0.4) is 0 Å². The Bertz CT molecular complexity index is 611. The van der Waals surface area contributed by atoms with Gasteiger partial charge in [-0.05, 0) is 35.9 Å². The molecular weight excluding hydrogens is 287 g/mol. The smallest absolute Gasteiger partial charge is 0.307 e. The van der Waals surface area contributed by atoms with Crippen LogP contribution in [0.5, 0.6) is 11.5 Å². The van der Waals surface area contributed by atoms with Crippen molar-refractivity contribution in [1.29, 1.82) is 0 Å². The fraction of sp³-hybridized carbons (Fsp3) is 0.0714. The van der Waals surface area contributed by atoms with E-state index in [4.69, 9.17) is 33.0 Å². The van der Waals surface area contributed by atoms with Crippen LogP contribution < -0.4 is 4.74 Å². The van der Waals surface area contributed by atoms with E-state index in [0.29, 0.717) is 27.1 Å². The third kappa shape index (κ3) is 3.88. The molecule has 0 heterocycles. The van der Waals surface area contributed by atoms with E-state index in [0.717, 1.165) is 0 Å².